The Balaban J connectivity index is 3.49. The van der Waals surface area contributed by atoms with E-state index >= 15 is 0 Å². The van der Waals surface area contributed by atoms with Gasteiger partial charge in [0.15, 0.2) is 0 Å². The van der Waals surface area contributed by atoms with Gasteiger partial charge in [-0.05, 0) is 32.9 Å². The van der Waals surface area contributed by atoms with Crippen LogP contribution in [0.1, 0.15) is 31.1 Å². The monoisotopic (exact) mass is 292 g/mol. The number of anilines is 1. The lowest BCUT2D eigenvalue weighted by Crippen LogP contribution is -2.42. The zero-order chi connectivity index (χ0) is 16.2. The molecule has 0 radical (unpaired) electrons. The number of ether oxygens (including phenoxy) is 1. The van der Waals surface area contributed by atoms with E-state index in [-0.39, 0.29) is 16.8 Å². The molecule has 0 aromatic heterocycles. The third-order valence-corrected chi connectivity index (χ3v) is 3.01. The molecule has 0 amide bonds. The van der Waals surface area contributed by atoms with Crippen molar-refractivity contribution in [2.45, 2.75) is 26.3 Å². The van der Waals surface area contributed by atoms with Crippen LogP contribution in [0, 0.1) is 10.1 Å². The molecule has 0 saturated heterocycles. The number of nitrogens with zero attached hydrogens (tertiary/aromatic N) is 2. The predicted molar refractivity (Wildman–Crippen MR) is 81.7 cm³/mol. The zero-order valence-electron chi connectivity index (χ0n) is 12.8. The number of carbonyl (C=O) groups is 1. The third-order valence-electron chi connectivity index (χ3n) is 3.01. The van der Waals surface area contributed by atoms with Crippen LogP contribution in [-0.2, 0) is 4.74 Å². The van der Waals surface area contributed by atoms with Crippen LogP contribution < -0.4 is 4.90 Å². The summed E-state index contributed by atoms with van der Waals surface area (Å²) in [6.07, 6.45) is 1.67. The van der Waals surface area contributed by atoms with E-state index in [1.165, 1.54) is 25.3 Å². The Morgan fingerprint density at radius 3 is 2.52 bits per heavy atom. The molecule has 0 aliphatic heterocycles. The first kappa shape index (κ1) is 16.7. The lowest BCUT2D eigenvalue weighted by atomic mass is 10.0. The minimum absolute atomic E-state index is 0.0561. The first-order valence-corrected chi connectivity index (χ1v) is 6.47. The Morgan fingerprint density at radius 2 is 2.10 bits per heavy atom. The highest BCUT2D eigenvalue weighted by molar-refractivity contribution is 5.91. The molecule has 1 rings (SSSR count). The van der Waals surface area contributed by atoms with Gasteiger partial charge in [0.1, 0.15) is 5.69 Å². The molecule has 21 heavy (non-hydrogen) atoms. The maximum absolute atomic E-state index is 11.6. The van der Waals surface area contributed by atoms with Crippen molar-refractivity contribution in [2.24, 2.45) is 0 Å². The number of nitro groups is 1. The number of hydrogen-bond donors (Lipinski definition) is 0. The first-order chi connectivity index (χ1) is 9.72. The van der Waals surface area contributed by atoms with Gasteiger partial charge in [0, 0.05) is 18.2 Å². The van der Waals surface area contributed by atoms with Gasteiger partial charge in [-0.1, -0.05) is 6.08 Å². The number of hydrogen-bond acceptors (Lipinski definition) is 5. The van der Waals surface area contributed by atoms with Crippen molar-refractivity contribution in [3.05, 3.63) is 46.5 Å². The molecular weight excluding hydrogens is 272 g/mol. The topological polar surface area (TPSA) is 72.7 Å². The van der Waals surface area contributed by atoms with Gasteiger partial charge in [0.25, 0.3) is 5.69 Å². The SMILES string of the molecule is C=CCN(c1cc(C(=O)OC)ccc1[N+](=O)[O-])C(C)(C)C. The lowest BCUT2D eigenvalue weighted by Gasteiger charge is -2.36. The maximum Gasteiger partial charge on any atom is 0.337 e. The minimum Gasteiger partial charge on any atom is -0.465 e. The van der Waals surface area contributed by atoms with Crippen LogP contribution in [0.2, 0.25) is 0 Å². The number of rotatable bonds is 5. The molecule has 0 aliphatic rings. The van der Waals surface area contributed by atoms with E-state index in [4.69, 9.17) is 0 Å². The Kier molecular flexibility index (Phi) is 5.07. The molecule has 0 aliphatic carbocycles. The summed E-state index contributed by atoms with van der Waals surface area (Å²) in [6, 6.07) is 4.20. The van der Waals surface area contributed by atoms with Crippen LogP contribution in [0.3, 0.4) is 0 Å². The van der Waals surface area contributed by atoms with Crippen molar-refractivity contribution >= 4 is 17.3 Å². The van der Waals surface area contributed by atoms with Gasteiger partial charge in [0.2, 0.25) is 0 Å². The van der Waals surface area contributed by atoms with Crippen LogP contribution in [0.4, 0.5) is 11.4 Å². The molecule has 0 saturated carbocycles. The quantitative estimate of drug-likeness (QED) is 0.361. The van der Waals surface area contributed by atoms with Gasteiger partial charge < -0.3 is 9.64 Å². The fourth-order valence-corrected chi connectivity index (χ4v) is 2.00. The van der Waals surface area contributed by atoms with Gasteiger partial charge in [-0.25, -0.2) is 4.79 Å². The summed E-state index contributed by atoms with van der Waals surface area (Å²) >= 11 is 0. The normalized spacial score (nSPS) is 10.9. The predicted octanol–water partition coefficient (Wildman–Crippen LogP) is 3.17. The number of carbonyl (C=O) groups excluding carboxylic acids is 1. The smallest absolute Gasteiger partial charge is 0.337 e. The Bertz CT molecular complexity index is 561. The number of nitro benzene ring substituents is 1. The Hall–Kier alpha value is -2.37. The molecule has 0 unspecified atom stereocenters. The second kappa shape index (κ2) is 6.39. The van der Waals surface area contributed by atoms with Crippen molar-refractivity contribution in [3.63, 3.8) is 0 Å². The van der Waals surface area contributed by atoms with E-state index < -0.39 is 10.9 Å². The summed E-state index contributed by atoms with van der Waals surface area (Å²) in [5.74, 6) is -0.529. The summed E-state index contributed by atoms with van der Waals surface area (Å²) in [4.78, 5) is 24.3. The Labute approximate surface area is 124 Å². The molecule has 0 fully saturated rings. The van der Waals surface area contributed by atoms with Crippen molar-refractivity contribution < 1.29 is 14.5 Å². The molecule has 0 bridgehead atoms. The summed E-state index contributed by atoms with van der Waals surface area (Å²) in [5.41, 5.74) is 0.222. The molecule has 0 spiro atoms. The molecule has 6 heteroatoms. The van der Waals surface area contributed by atoms with Crippen LogP contribution in [0.5, 0.6) is 0 Å². The van der Waals surface area contributed by atoms with Crippen molar-refractivity contribution in [1.29, 1.82) is 0 Å². The molecule has 1 aromatic carbocycles. The molecule has 6 nitrogen and oxygen atoms in total. The van der Waals surface area contributed by atoms with E-state index in [9.17, 15) is 14.9 Å². The van der Waals surface area contributed by atoms with Gasteiger partial charge >= 0.3 is 5.97 Å². The molecule has 0 atom stereocenters. The van der Waals surface area contributed by atoms with Crippen LogP contribution in [-0.4, -0.2) is 30.1 Å². The second-order valence-corrected chi connectivity index (χ2v) is 5.52. The average Bonchev–Trinajstić information content (AvgIpc) is 2.41. The van der Waals surface area contributed by atoms with Crippen LogP contribution >= 0.6 is 0 Å². The highest BCUT2D eigenvalue weighted by Crippen LogP contribution is 2.33. The highest BCUT2D eigenvalue weighted by Gasteiger charge is 2.28. The number of esters is 1. The standard InChI is InChI=1S/C15H20N2O4/c1-6-9-16(15(2,3)4)13-10-11(14(18)21-5)7-8-12(13)17(19)20/h6-8,10H,1,9H2,2-5H3. The fourth-order valence-electron chi connectivity index (χ4n) is 2.00. The van der Waals surface area contributed by atoms with E-state index in [0.717, 1.165) is 0 Å². The van der Waals surface area contributed by atoms with Gasteiger partial charge in [0.05, 0.1) is 17.6 Å². The minimum atomic E-state index is -0.529. The first-order valence-electron chi connectivity index (χ1n) is 6.47. The largest absolute Gasteiger partial charge is 0.465 e. The summed E-state index contributed by atoms with van der Waals surface area (Å²) in [6.45, 7) is 9.92. The zero-order valence-corrected chi connectivity index (χ0v) is 12.8. The molecule has 0 heterocycles. The maximum atomic E-state index is 11.6. The van der Waals surface area contributed by atoms with Gasteiger partial charge in [-0.3, -0.25) is 10.1 Å². The third kappa shape index (κ3) is 3.81. The molecule has 0 N–H and O–H groups in total. The van der Waals surface area contributed by atoms with Crippen molar-refractivity contribution in [1.82, 2.24) is 0 Å². The summed E-state index contributed by atoms with van der Waals surface area (Å²) < 4.78 is 4.67. The second-order valence-electron chi connectivity index (χ2n) is 5.52. The molecule has 114 valence electrons. The Morgan fingerprint density at radius 1 is 1.48 bits per heavy atom. The van der Waals surface area contributed by atoms with E-state index in [0.29, 0.717) is 12.2 Å². The number of methoxy groups -OCH3 is 1. The highest BCUT2D eigenvalue weighted by atomic mass is 16.6. The molecule has 1 aromatic rings. The van der Waals surface area contributed by atoms with E-state index in [1.54, 1.807) is 6.08 Å². The fraction of sp³-hybridized carbons (Fsp3) is 0.400. The van der Waals surface area contributed by atoms with Crippen LogP contribution in [0.15, 0.2) is 30.9 Å². The van der Waals surface area contributed by atoms with E-state index in [2.05, 4.69) is 11.3 Å². The summed E-state index contributed by atoms with van der Waals surface area (Å²) in [7, 11) is 1.27. The van der Waals surface area contributed by atoms with E-state index in [1.807, 2.05) is 25.7 Å². The number of benzene rings is 1. The van der Waals surface area contributed by atoms with Gasteiger partial charge in [-0.15, -0.1) is 6.58 Å². The lowest BCUT2D eigenvalue weighted by molar-refractivity contribution is -0.384. The van der Waals surface area contributed by atoms with Crippen molar-refractivity contribution in [3.8, 4) is 0 Å². The van der Waals surface area contributed by atoms with Gasteiger partial charge in [-0.2, -0.15) is 0 Å². The van der Waals surface area contributed by atoms with Crippen molar-refractivity contribution in [2.75, 3.05) is 18.6 Å². The molecular formula is C15H20N2O4. The summed E-state index contributed by atoms with van der Waals surface area (Å²) in [5, 5.41) is 11.2. The van der Waals surface area contributed by atoms with Crippen LogP contribution in [0.25, 0.3) is 0 Å². The average molecular weight is 292 g/mol.